The minimum absolute atomic E-state index is 0.280. The molecule has 0 spiro atoms. The van der Waals surface area contributed by atoms with Crippen molar-refractivity contribution in [3.63, 3.8) is 0 Å². The van der Waals surface area contributed by atoms with E-state index in [9.17, 15) is 0 Å². The summed E-state index contributed by atoms with van der Waals surface area (Å²) in [5.74, 6) is 0.757. The van der Waals surface area contributed by atoms with E-state index >= 15 is 0 Å². The first-order valence-electron chi connectivity index (χ1n) is 7.76. The van der Waals surface area contributed by atoms with Crippen molar-refractivity contribution in [3.8, 4) is 0 Å². The van der Waals surface area contributed by atoms with Crippen molar-refractivity contribution in [2.75, 3.05) is 13.1 Å². The smallest absolute Gasteiger partial charge is 0.0297 e. The Labute approximate surface area is 117 Å². The molecule has 2 heteroatoms. The molecule has 0 aromatic heterocycles. The molecule has 1 aliphatic carbocycles. The van der Waals surface area contributed by atoms with Crippen molar-refractivity contribution in [1.82, 2.24) is 4.90 Å². The third-order valence-corrected chi connectivity index (χ3v) is 4.54. The predicted molar refractivity (Wildman–Crippen MR) is 80.1 cm³/mol. The molecule has 2 N–H and O–H groups in total. The van der Waals surface area contributed by atoms with Crippen LogP contribution in [0.15, 0.2) is 12.1 Å². The van der Waals surface area contributed by atoms with E-state index in [2.05, 4.69) is 30.9 Å². The van der Waals surface area contributed by atoms with Crippen molar-refractivity contribution >= 4 is 0 Å². The lowest BCUT2D eigenvalue weighted by atomic mass is 9.83. The fourth-order valence-electron chi connectivity index (χ4n) is 3.64. The van der Waals surface area contributed by atoms with Crippen molar-refractivity contribution in [3.05, 3.63) is 34.4 Å². The highest BCUT2D eigenvalue weighted by Gasteiger charge is 2.22. The average molecular weight is 258 g/mol. The van der Waals surface area contributed by atoms with Gasteiger partial charge in [-0.2, -0.15) is 0 Å². The van der Waals surface area contributed by atoms with E-state index in [1.165, 1.54) is 43.5 Å². The Morgan fingerprint density at radius 2 is 2.05 bits per heavy atom. The number of rotatable bonds is 2. The topological polar surface area (TPSA) is 29.3 Å². The standard InChI is InChI=1S/C17H26N2/c1-12(2)10-19-7-6-13-9-16-14(8-15(13)11-19)4-3-5-17(16)18/h8-9,12,17H,3-7,10-11,18H2,1-2H3/t17-/m1/s1. The first-order chi connectivity index (χ1) is 9.13. The van der Waals surface area contributed by atoms with E-state index in [4.69, 9.17) is 5.73 Å². The number of aryl methyl sites for hydroxylation is 1. The number of hydrogen-bond donors (Lipinski definition) is 1. The molecule has 1 atom stereocenters. The normalized spacial score (nSPS) is 23.3. The van der Waals surface area contributed by atoms with Crippen molar-refractivity contribution in [1.29, 1.82) is 0 Å². The van der Waals surface area contributed by atoms with Gasteiger partial charge in [0.05, 0.1) is 0 Å². The number of hydrogen-bond acceptors (Lipinski definition) is 2. The Morgan fingerprint density at radius 1 is 1.21 bits per heavy atom. The van der Waals surface area contributed by atoms with Gasteiger partial charge in [0.1, 0.15) is 0 Å². The summed E-state index contributed by atoms with van der Waals surface area (Å²) in [7, 11) is 0. The summed E-state index contributed by atoms with van der Waals surface area (Å²) < 4.78 is 0. The molecule has 0 unspecified atom stereocenters. The van der Waals surface area contributed by atoms with Crippen LogP contribution < -0.4 is 5.73 Å². The Morgan fingerprint density at radius 3 is 2.84 bits per heavy atom. The molecule has 1 heterocycles. The maximum Gasteiger partial charge on any atom is 0.0297 e. The molecule has 104 valence electrons. The first-order valence-corrected chi connectivity index (χ1v) is 7.76. The van der Waals surface area contributed by atoms with E-state index in [0.29, 0.717) is 0 Å². The largest absolute Gasteiger partial charge is 0.324 e. The molecule has 1 aromatic carbocycles. The molecule has 0 saturated carbocycles. The SMILES string of the molecule is CC(C)CN1CCc2cc3c(cc2C1)CCC[C@H]3N. The van der Waals surface area contributed by atoms with Crippen molar-refractivity contribution < 1.29 is 0 Å². The minimum Gasteiger partial charge on any atom is -0.324 e. The van der Waals surface area contributed by atoms with Crippen LogP contribution in [0.1, 0.15) is 55.0 Å². The number of nitrogens with two attached hydrogens (primary N) is 1. The summed E-state index contributed by atoms with van der Waals surface area (Å²) in [5.41, 5.74) is 12.3. The van der Waals surface area contributed by atoms with Crippen molar-refractivity contribution in [2.45, 2.75) is 52.1 Å². The number of benzene rings is 1. The second-order valence-electron chi connectivity index (χ2n) is 6.70. The Bertz CT molecular complexity index is 465. The zero-order chi connectivity index (χ0) is 13.4. The van der Waals surface area contributed by atoms with Gasteiger partial charge in [-0.15, -0.1) is 0 Å². The zero-order valence-corrected chi connectivity index (χ0v) is 12.3. The summed E-state index contributed by atoms with van der Waals surface area (Å²) in [4.78, 5) is 2.60. The molecule has 3 rings (SSSR count). The quantitative estimate of drug-likeness (QED) is 0.883. The maximum atomic E-state index is 6.26. The molecule has 19 heavy (non-hydrogen) atoms. The molecule has 1 aromatic rings. The summed E-state index contributed by atoms with van der Waals surface area (Å²) in [6.07, 6.45) is 4.83. The molecular weight excluding hydrogens is 232 g/mol. The zero-order valence-electron chi connectivity index (χ0n) is 12.3. The Balaban J connectivity index is 1.85. The lowest BCUT2D eigenvalue weighted by Gasteiger charge is -2.32. The van der Waals surface area contributed by atoms with E-state index < -0.39 is 0 Å². The highest BCUT2D eigenvalue weighted by molar-refractivity contribution is 5.42. The second kappa shape index (κ2) is 5.26. The maximum absolute atomic E-state index is 6.26. The van der Waals surface area contributed by atoms with E-state index in [1.807, 2.05) is 0 Å². The Hall–Kier alpha value is -0.860. The van der Waals surface area contributed by atoms with E-state index in [0.717, 1.165) is 18.9 Å². The summed E-state index contributed by atoms with van der Waals surface area (Å²) in [6, 6.07) is 5.15. The molecule has 0 fully saturated rings. The third kappa shape index (κ3) is 2.70. The minimum atomic E-state index is 0.280. The number of nitrogens with zero attached hydrogens (tertiary/aromatic N) is 1. The number of fused-ring (bicyclic) bond motifs is 2. The van der Waals surface area contributed by atoms with Gasteiger partial charge in [0.15, 0.2) is 0 Å². The van der Waals surface area contributed by atoms with Gasteiger partial charge >= 0.3 is 0 Å². The fraction of sp³-hybridized carbons (Fsp3) is 0.647. The summed E-state index contributed by atoms with van der Waals surface area (Å²) in [5, 5.41) is 0. The highest BCUT2D eigenvalue weighted by atomic mass is 15.1. The summed E-state index contributed by atoms with van der Waals surface area (Å²) in [6.45, 7) is 8.17. The first kappa shape index (κ1) is 13.1. The average Bonchev–Trinajstić information content (AvgIpc) is 2.36. The Kier molecular flexibility index (Phi) is 3.64. The third-order valence-electron chi connectivity index (χ3n) is 4.54. The van der Waals surface area contributed by atoms with Crippen LogP contribution in [-0.2, 0) is 19.4 Å². The molecule has 0 radical (unpaired) electrons. The molecule has 2 aliphatic rings. The van der Waals surface area contributed by atoms with Gasteiger partial charge in [0.25, 0.3) is 0 Å². The second-order valence-corrected chi connectivity index (χ2v) is 6.70. The van der Waals surface area contributed by atoms with Gasteiger partial charge in [-0.05, 0) is 53.9 Å². The van der Waals surface area contributed by atoms with Crippen LogP contribution in [0.25, 0.3) is 0 Å². The lowest BCUT2D eigenvalue weighted by Crippen LogP contribution is -2.34. The van der Waals surface area contributed by atoms with Crippen LogP contribution >= 0.6 is 0 Å². The highest BCUT2D eigenvalue weighted by Crippen LogP contribution is 2.32. The molecular formula is C17H26N2. The van der Waals surface area contributed by atoms with Gasteiger partial charge in [0.2, 0.25) is 0 Å². The van der Waals surface area contributed by atoms with Crippen LogP contribution in [0, 0.1) is 5.92 Å². The molecule has 2 nitrogen and oxygen atoms in total. The van der Waals surface area contributed by atoms with Gasteiger partial charge in [-0.25, -0.2) is 0 Å². The van der Waals surface area contributed by atoms with Crippen LogP contribution in [0.4, 0.5) is 0 Å². The van der Waals surface area contributed by atoms with Gasteiger partial charge in [0, 0.05) is 25.7 Å². The van der Waals surface area contributed by atoms with Gasteiger partial charge in [-0.1, -0.05) is 26.0 Å². The summed E-state index contributed by atoms with van der Waals surface area (Å²) >= 11 is 0. The molecule has 0 saturated heterocycles. The lowest BCUT2D eigenvalue weighted by molar-refractivity contribution is 0.226. The van der Waals surface area contributed by atoms with Crippen LogP contribution in [0.2, 0.25) is 0 Å². The molecule has 0 amide bonds. The van der Waals surface area contributed by atoms with Crippen molar-refractivity contribution in [2.24, 2.45) is 11.7 Å². The molecule has 0 bridgehead atoms. The molecule has 1 aliphatic heterocycles. The predicted octanol–water partition coefficient (Wildman–Crippen LogP) is 3.04. The van der Waals surface area contributed by atoms with Crippen LogP contribution in [0.3, 0.4) is 0 Å². The van der Waals surface area contributed by atoms with E-state index in [1.54, 1.807) is 11.1 Å². The monoisotopic (exact) mass is 258 g/mol. The van der Waals surface area contributed by atoms with Gasteiger partial charge in [-0.3, -0.25) is 4.90 Å². The van der Waals surface area contributed by atoms with E-state index in [-0.39, 0.29) is 6.04 Å². The van der Waals surface area contributed by atoms with Crippen LogP contribution in [-0.4, -0.2) is 18.0 Å². The van der Waals surface area contributed by atoms with Crippen LogP contribution in [0.5, 0.6) is 0 Å². The van der Waals surface area contributed by atoms with Gasteiger partial charge < -0.3 is 5.73 Å². The fourth-order valence-corrected chi connectivity index (χ4v) is 3.64.